The van der Waals surface area contributed by atoms with Gasteiger partial charge < -0.3 is 5.73 Å². The molecule has 1 radical (unpaired) electrons. The minimum Gasteiger partial charge on any atom is -0.383 e. The van der Waals surface area contributed by atoms with E-state index in [1.54, 1.807) is 12.4 Å². The van der Waals surface area contributed by atoms with Crippen molar-refractivity contribution in [2.75, 3.05) is 5.73 Å². The molecule has 0 aliphatic carbocycles. The maximum absolute atomic E-state index is 6.03. The molecule has 4 nitrogen and oxygen atoms in total. The summed E-state index contributed by atoms with van der Waals surface area (Å²) >= 11 is 0. The second-order valence-electron chi connectivity index (χ2n) is 4.24. The van der Waals surface area contributed by atoms with Crippen LogP contribution >= 0.6 is 0 Å². The Kier molecular flexibility index (Phi) is 2.87. The zero-order valence-electron chi connectivity index (χ0n) is 10.5. The number of benzene rings is 1. The summed E-state index contributed by atoms with van der Waals surface area (Å²) in [6.45, 7) is 1.99. The number of aromatic nitrogens is 3. The lowest BCUT2D eigenvalue weighted by molar-refractivity contribution is 1.21. The molecule has 0 amide bonds. The molecular formula is C14H12BN4. The number of nitrogens with two attached hydrogens (primary N) is 1. The largest absolute Gasteiger partial charge is 0.383 e. The second-order valence-corrected chi connectivity index (χ2v) is 4.24. The molecule has 0 saturated heterocycles. The number of fused-ring (bicyclic) bond motifs is 1. The van der Waals surface area contributed by atoms with Crippen LogP contribution in [0, 0.1) is 0 Å². The SMILES string of the molecule is C[B]c1ccc2nc(-c3cccnc3)nc(N)c2c1. The molecule has 2 heterocycles. The molecule has 0 aliphatic rings. The van der Waals surface area contributed by atoms with Gasteiger partial charge in [0.1, 0.15) is 13.1 Å². The van der Waals surface area contributed by atoms with Crippen molar-refractivity contribution in [2.45, 2.75) is 6.82 Å². The zero-order valence-corrected chi connectivity index (χ0v) is 10.5. The van der Waals surface area contributed by atoms with Gasteiger partial charge in [0.2, 0.25) is 0 Å². The Balaban J connectivity index is 2.20. The van der Waals surface area contributed by atoms with Crippen LogP contribution in [0.4, 0.5) is 5.82 Å². The minimum absolute atomic E-state index is 0.493. The summed E-state index contributed by atoms with van der Waals surface area (Å²) < 4.78 is 0. The predicted octanol–water partition coefficient (Wildman–Crippen LogP) is 1.65. The van der Waals surface area contributed by atoms with Crippen LogP contribution in [0.15, 0.2) is 42.7 Å². The van der Waals surface area contributed by atoms with Crippen LogP contribution in [0.25, 0.3) is 22.3 Å². The summed E-state index contributed by atoms with van der Waals surface area (Å²) in [7, 11) is 2.02. The number of nitrogens with zero attached hydrogens (tertiary/aromatic N) is 3. The Labute approximate surface area is 112 Å². The predicted molar refractivity (Wildman–Crippen MR) is 78.4 cm³/mol. The molecule has 19 heavy (non-hydrogen) atoms. The minimum atomic E-state index is 0.493. The van der Waals surface area contributed by atoms with Crippen molar-refractivity contribution in [3.8, 4) is 11.4 Å². The lowest BCUT2D eigenvalue weighted by Crippen LogP contribution is -2.10. The lowest BCUT2D eigenvalue weighted by Gasteiger charge is -2.06. The zero-order chi connectivity index (χ0) is 13.2. The first-order valence-electron chi connectivity index (χ1n) is 6.05. The Morgan fingerprint density at radius 1 is 1.16 bits per heavy atom. The third kappa shape index (κ3) is 2.15. The van der Waals surface area contributed by atoms with E-state index in [0.717, 1.165) is 21.9 Å². The van der Waals surface area contributed by atoms with E-state index >= 15 is 0 Å². The van der Waals surface area contributed by atoms with Crippen LogP contribution in [-0.4, -0.2) is 22.2 Å². The van der Waals surface area contributed by atoms with E-state index in [2.05, 4.69) is 15.0 Å². The summed E-state index contributed by atoms with van der Waals surface area (Å²) in [5.74, 6) is 1.10. The van der Waals surface area contributed by atoms with Gasteiger partial charge in [0.25, 0.3) is 0 Å². The van der Waals surface area contributed by atoms with Gasteiger partial charge >= 0.3 is 0 Å². The van der Waals surface area contributed by atoms with Gasteiger partial charge in [-0.2, -0.15) is 0 Å². The maximum atomic E-state index is 6.03. The molecule has 0 atom stereocenters. The summed E-state index contributed by atoms with van der Waals surface area (Å²) in [6.07, 6.45) is 3.45. The highest BCUT2D eigenvalue weighted by molar-refractivity contribution is 6.52. The quantitative estimate of drug-likeness (QED) is 0.699. The van der Waals surface area contributed by atoms with Crippen LogP contribution in [-0.2, 0) is 0 Å². The van der Waals surface area contributed by atoms with Crippen LogP contribution in [0.2, 0.25) is 6.82 Å². The fourth-order valence-electron chi connectivity index (χ4n) is 1.97. The molecule has 3 aromatic rings. The van der Waals surface area contributed by atoms with Crippen LogP contribution in [0.3, 0.4) is 0 Å². The van der Waals surface area contributed by atoms with Gasteiger partial charge in [0, 0.05) is 23.3 Å². The topological polar surface area (TPSA) is 64.7 Å². The van der Waals surface area contributed by atoms with Gasteiger partial charge in [0.05, 0.1) is 5.52 Å². The van der Waals surface area contributed by atoms with Crippen molar-refractivity contribution in [3.05, 3.63) is 42.7 Å². The summed E-state index contributed by atoms with van der Waals surface area (Å²) in [5, 5.41) is 0.878. The van der Waals surface area contributed by atoms with Gasteiger partial charge in [-0.3, -0.25) is 4.98 Å². The Bertz CT molecular complexity index is 728. The van der Waals surface area contributed by atoms with E-state index < -0.39 is 0 Å². The van der Waals surface area contributed by atoms with E-state index in [1.807, 2.05) is 44.4 Å². The molecule has 0 unspecified atom stereocenters. The highest BCUT2D eigenvalue weighted by Crippen LogP contribution is 2.21. The van der Waals surface area contributed by atoms with Gasteiger partial charge in [0.15, 0.2) is 5.82 Å². The monoisotopic (exact) mass is 247 g/mol. The molecule has 0 spiro atoms. The van der Waals surface area contributed by atoms with E-state index in [0.29, 0.717) is 11.6 Å². The summed E-state index contributed by atoms with van der Waals surface area (Å²) in [5.41, 5.74) is 8.85. The molecule has 0 aliphatic heterocycles. The van der Waals surface area contributed by atoms with Gasteiger partial charge in [-0.15, -0.1) is 0 Å². The Morgan fingerprint density at radius 3 is 2.79 bits per heavy atom. The molecular weight excluding hydrogens is 235 g/mol. The van der Waals surface area contributed by atoms with Crippen molar-refractivity contribution in [2.24, 2.45) is 0 Å². The molecule has 1 aromatic carbocycles. The molecule has 91 valence electrons. The summed E-state index contributed by atoms with van der Waals surface area (Å²) in [4.78, 5) is 13.0. The van der Waals surface area contributed by atoms with Crippen LogP contribution in [0.1, 0.15) is 0 Å². The van der Waals surface area contributed by atoms with E-state index in [4.69, 9.17) is 5.73 Å². The third-order valence-electron chi connectivity index (χ3n) is 3.00. The number of nitrogen functional groups attached to an aromatic ring is 1. The number of hydrogen-bond acceptors (Lipinski definition) is 4. The van der Waals surface area contributed by atoms with Crippen molar-refractivity contribution in [1.82, 2.24) is 15.0 Å². The standard InChI is InChI=1S/C14H12BN4/c1-15-10-4-5-12-11(7-10)13(16)19-14(18-12)9-3-2-6-17-8-9/h2-8H,1H3,(H2,16,18,19). The fourth-order valence-corrected chi connectivity index (χ4v) is 1.97. The molecule has 3 rings (SSSR count). The molecule has 5 heteroatoms. The summed E-state index contributed by atoms with van der Waals surface area (Å²) in [6, 6.07) is 9.75. The van der Waals surface area contributed by atoms with Gasteiger partial charge in [-0.1, -0.05) is 24.4 Å². The first kappa shape index (κ1) is 11.7. The average Bonchev–Trinajstić information content (AvgIpc) is 2.48. The normalized spacial score (nSPS) is 10.6. The molecule has 0 bridgehead atoms. The van der Waals surface area contributed by atoms with E-state index in [9.17, 15) is 0 Å². The van der Waals surface area contributed by atoms with Gasteiger partial charge in [-0.25, -0.2) is 9.97 Å². The van der Waals surface area contributed by atoms with Crippen molar-refractivity contribution in [1.29, 1.82) is 0 Å². The van der Waals surface area contributed by atoms with Crippen molar-refractivity contribution in [3.63, 3.8) is 0 Å². The van der Waals surface area contributed by atoms with Crippen LogP contribution < -0.4 is 11.2 Å². The first-order chi connectivity index (χ1) is 9.28. The van der Waals surface area contributed by atoms with Crippen LogP contribution in [0.5, 0.6) is 0 Å². The maximum Gasteiger partial charge on any atom is 0.163 e. The highest BCUT2D eigenvalue weighted by Gasteiger charge is 2.07. The average molecular weight is 247 g/mol. The number of hydrogen-bond donors (Lipinski definition) is 1. The smallest absolute Gasteiger partial charge is 0.163 e. The lowest BCUT2D eigenvalue weighted by atomic mass is 9.73. The molecule has 0 fully saturated rings. The number of pyridine rings is 1. The number of anilines is 1. The van der Waals surface area contributed by atoms with Crippen molar-refractivity contribution < 1.29 is 0 Å². The van der Waals surface area contributed by atoms with E-state index in [-0.39, 0.29) is 0 Å². The fraction of sp³-hybridized carbons (Fsp3) is 0.0714. The molecule has 2 aromatic heterocycles. The Morgan fingerprint density at radius 2 is 2.05 bits per heavy atom. The van der Waals surface area contributed by atoms with E-state index in [1.165, 1.54) is 0 Å². The molecule has 2 N–H and O–H groups in total. The first-order valence-corrected chi connectivity index (χ1v) is 6.05. The second kappa shape index (κ2) is 4.68. The third-order valence-corrected chi connectivity index (χ3v) is 3.00. The Hall–Kier alpha value is -2.43. The highest BCUT2D eigenvalue weighted by atomic mass is 14.9. The molecule has 0 saturated carbocycles. The van der Waals surface area contributed by atoms with Gasteiger partial charge in [-0.05, 0) is 18.2 Å². The van der Waals surface area contributed by atoms with Crippen molar-refractivity contribution >= 4 is 29.5 Å². The number of rotatable bonds is 2.